The van der Waals surface area contributed by atoms with Crippen LogP contribution in [0.2, 0.25) is 0 Å². The molecule has 0 heterocycles. The van der Waals surface area contributed by atoms with E-state index >= 15 is 0 Å². The van der Waals surface area contributed by atoms with Crippen LogP contribution in [0, 0.1) is 0 Å². The van der Waals surface area contributed by atoms with E-state index in [9.17, 15) is 15.3 Å². The molecule has 0 amide bonds. The molecule has 132 valence electrons. The summed E-state index contributed by atoms with van der Waals surface area (Å²) in [5.41, 5.74) is 2.72. The highest BCUT2D eigenvalue weighted by Crippen LogP contribution is 2.46. The van der Waals surface area contributed by atoms with E-state index < -0.39 is 3.42 Å². The smallest absolute Gasteiger partial charge is 0.115 e. The summed E-state index contributed by atoms with van der Waals surface area (Å²) in [5.74, 6) is 0.442. The van der Waals surface area contributed by atoms with Gasteiger partial charge in [0.05, 0.1) is 9.18 Å². The van der Waals surface area contributed by atoms with Gasteiger partial charge >= 0.3 is 0 Å². The van der Waals surface area contributed by atoms with Crippen LogP contribution in [0.5, 0.6) is 5.75 Å². The molecular weight excluding hydrogens is 427 g/mol. The van der Waals surface area contributed by atoms with E-state index in [1.807, 2.05) is 25.1 Å². The maximum Gasteiger partial charge on any atom is 0.115 e. The SMILES string of the molecule is C=C/C(O)=C\C=C(/C=C)C(I)(/C(C)=C/C=C(\C)O)c1ccc(O)cc1. The van der Waals surface area contributed by atoms with E-state index in [-0.39, 0.29) is 17.3 Å². The van der Waals surface area contributed by atoms with Crippen LogP contribution in [-0.2, 0) is 3.42 Å². The molecule has 0 saturated heterocycles. The lowest BCUT2D eigenvalue weighted by Crippen LogP contribution is -2.21. The molecule has 1 rings (SSSR count). The van der Waals surface area contributed by atoms with Crippen molar-refractivity contribution >= 4 is 22.6 Å². The van der Waals surface area contributed by atoms with Crippen molar-refractivity contribution in [2.24, 2.45) is 0 Å². The lowest BCUT2D eigenvalue weighted by atomic mass is 9.84. The Balaban J connectivity index is 3.63. The predicted octanol–water partition coefficient (Wildman–Crippen LogP) is 6.17. The first kappa shape index (κ1) is 20.8. The van der Waals surface area contributed by atoms with Gasteiger partial charge < -0.3 is 15.3 Å². The largest absolute Gasteiger partial charge is 0.513 e. The second-order valence-corrected chi connectivity index (χ2v) is 7.10. The van der Waals surface area contributed by atoms with Gasteiger partial charge in [0, 0.05) is 0 Å². The molecule has 3 nitrogen and oxygen atoms in total. The van der Waals surface area contributed by atoms with Gasteiger partial charge in [-0.25, -0.2) is 0 Å². The van der Waals surface area contributed by atoms with Crippen LogP contribution in [0.3, 0.4) is 0 Å². The molecule has 0 aromatic heterocycles. The summed E-state index contributed by atoms with van der Waals surface area (Å²) < 4.78 is -0.600. The monoisotopic (exact) mass is 450 g/mol. The zero-order valence-corrected chi connectivity index (χ0v) is 16.6. The highest BCUT2D eigenvalue weighted by molar-refractivity contribution is 14.1. The Morgan fingerprint density at radius 3 is 2.04 bits per heavy atom. The number of aliphatic hydroxyl groups is 2. The summed E-state index contributed by atoms with van der Waals surface area (Å²) in [6.07, 6.45) is 9.87. The van der Waals surface area contributed by atoms with Crippen LogP contribution in [0.25, 0.3) is 0 Å². The number of phenolic OH excluding ortho intramolecular Hbond substituents is 1. The minimum Gasteiger partial charge on any atom is -0.513 e. The maximum atomic E-state index is 9.66. The van der Waals surface area contributed by atoms with Gasteiger partial charge in [-0.2, -0.15) is 0 Å². The average Bonchev–Trinajstić information content (AvgIpc) is 2.59. The summed E-state index contributed by atoms with van der Waals surface area (Å²) in [4.78, 5) is 0. The molecule has 1 atom stereocenters. The van der Waals surface area contributed by atoms with Gasteiger partial charge in [-0.3, -0.25) is 0 Å². The highest BCUT2D eigenvalue weighted by Gasteiger charge is 2.33. The van der Waals surface area contributed by atoms with Gasteiger partial charge in [0.25, 0.3) is 0 Å². The van der Waals surface area contributed by atoms with Crippen LogP contribution < -0.4 is 0 Å². The lowest BCUT2D eigenvalue weighted by Gasteiger charge is -2.31. The van der Waals surface area contributed by atoms with E-state index in [1.165, 1.54) is 6.08 Å². The summed E-state index contributed by atoms with van der Waals surface area (Å²) in [5, 5.41) is 28.7. The number of benzene rings is 1. The molecule has 4 heteroatoms. The van der Waals surface area contributed by atoms with E-state index in [0.29, 0.717) is 0 Å². The summed E-state index contributed by atoms with van der Waals surface area (Å²) in [6.45, 7) is 11.0. The van der Waals surface area contributed by atoms with Crippen LogP contribution in [0.15, 0.2) is 96.5 Å². The van der Waals surface area contributed by atoms with Crippen molar-refractivity contribution in [1.82, 2.24) is 0 Å². The van der Waals surface area contributed by atoms with Crippen LogP contribution in [0.4, 0.5) is 0 Å². The van der Waals surface area contributed by atoms with Gasteiger partial charge in [0.2, 0.25) is 0 Å². The number of aromatic hydroxyl groups is 1. The number of phenols is 1. The zero-order chi connectivity index (χ0) is 19.0. The molecule has 1 aromatic carbocycles. The van der Waals surface area contributed by atoms with Crippen molar-refractivity contribution in [2.45, 2.75) is 17.3 Å². The molecule has 0 aliphatic carbocycles. The van der Waals surface area contributed by atoms with E-state index in [2.05, 4.69) is 35.7 Å². The normalized spacial score (nSPS) is 16.3. The Morgan fingerprint density at radius 2 is 1.56 bits per heavy atom. The van der Waals surface area contributed by atoms with Gasteiger partial charge in [-0.15, -0.1) is 0 Å². The Labute approximate surface area is 162 Å². The second-order valence-electron chi connectivity index (χ2n) is 5.48. The first-order chi connectivity index (χ1) is 11.7. The Kier molecular flexibility index (Phi) is 7.77. The number of rotatable bonds is 7. The molecule has 0 aliphatic heterocycles. The van der Waals surface area contributed by atoms with E-state index in [0.717, 1.165) is 16.7 Å². The second kappa shape index (κ2) is 9.32. The summed E-state index contributed by atoms with van der Waals surface area (Å²) in [6, 6.07) is 6.92. The molecule has 0 fully saturated rings. The predicted molar refractivity (Wildman–Crippen MR) is 113 cm³/mol. The van der Waals surface area contributed by atoms with Crippen LogP contribution in [0.1, 0.15) is 19.4 Å². The number of halogens is 1. The summed E-state index contributed by atoms with van der Waals surface area (Å²) in [7, 11) is 0. The molecule has 1 aromatic rings. The number of allylic oxidation sites excluding steroid dienone is 9. The fourth-order valence-corrected chi connectivity index (χ4v) is 3.18. The van der Waals surface area contributed by atoms with Crippen molar-refractivity contribution in [1.29, 1.82) is 0 Å². The van der Waals surface area contributed by atoms with Crippen LogP contribution in [-0.4, -0.2) is 15.3 Å². The standard InChI is InChI=1S/C21H23IO3/c1-5-17(9-12-19(24)6-2)21(22,15(3)7-8-16(4)23)18-10-13-20(25)14-11-18/h5-14,23-25H,1-2H2,3-4H3/b15-7+,16-8+,17-9+,19-12+. The maximum absolute atomic E-state index is 9.66. The van der Waals surface area contributed by atoms with Gasteiger partial charge in [0.15, 0.2) is 0 Å². The number of alkyl halides is 1. The molecule has 0 bridgehead atoms. The first-order valence-electron chi connectivity index (χ1n) is 7.65. The molecule has 0 radical (unpaired) electrons. The number of hydrogen-bond donors (Lipinski definition) is 3. The Morgan fingerprint density at radius 1 is 0.960 bits per heavy atom. The number of aliphatic hydroxyl groups excluding tert-OH is 2. The van der Waals surface area contributed by atoms with Gasteiger partial charge in [0.1, 0.15) is 11.5 Å². The molecule has 25 heavy (non-hydrogen) atoms. The van der Waals surface area contributed by atoms with Crippen molar-refractivity contribution in [3.05, 3.63) is 102 Å². The van der Waals surface area contributed by atoms with Gasteiger partial charge in [-0.1, -0.05) is 66.1 Å². The first-order valence-corrected chi connectivity index (χ1v) is 8.73. The third-order valence-corrected chi connectivity index (χ3v) is 5.74. The molecular formula is C21H23IO3. The van der Waals surface area contributed by atoms with Crippen molar-refractivity contribution in [3.8, 4) is 5.75 Å². The zero-order valence-electron chi connectivity index (χ0n) is 14.4. The average molecular weight is 450 g/mol. The minimum atomic E-state index is -0.600. The molecule has 0 aliphatic rings. The Bertz CT molecular complexity index is 748. The van der Waals surface area contributed by atoms with Crippen molar-refractivity contribution in [3.63, 3.8) is 0 Å². The van der Waals surface area contributed by atoms with Crippen molar-refractivity contribution in [2.75, 3.05) is 0 Å². The van der Waals surface area contributed by atoms with Crippen molar-refractivity contribution < 1.29 is 15.3 Å². The lowest BCUT2D eigenvalue weighted by molar-refractivity contribution is 0.414. The third kappa shape index (κ3) is 5.39. The quantitative estimate of drug-likeness (QED) is 0.202. The Hall–Kier alpha value is -2.21. The third-order valence-electron chi connectivity index (χ3n) is 3.64. The molecule has 0 saturated carbocycles. The van der Waals surface area contributed by atoms with E-state index in [4.69, 9.17) is 0 Å². The van der Waals surface area contributed by atoms with Crippen LogP contribution >= 0.6 is 22.6 Å². The highest BCUT2D eigenvalue weighted by atomic mass is 127. The topological polar surface area (TPSA) is 60.7 Å². The summed E-state index contributed by atoms with van der Waals surface area (Å²) >= 11 is 2.31. The van der Waals surface area contributed by atoms with E-state index in [1.54, 1.807) is 43.4 Å². The number of hydrogen-bond acceptors (Lipinski definition) is 3. The molecule has 0 spiro atoms. The molecule has 1 unspecified atom stereocenters. The fraction of sp³-hybridized carbons (Fsp3) is 0.143. The van der Waals surface area contributed by atoms with Gasteiger partial charge in [-0.05, 0) is 60.9 Å². The molecule has 3 N–H and O–H groups in total. The fourth-order valence-electron chi connectivity index (χ4n) is 2.24. The minimum absolute atomic E-state index is 0.0523.